The fraction of sp³-hybridized carbons (Fsp3) is 0.562. The largest absolute Gasteiger partial charge is 0.352 e. The van der Waals surface area contributed by atoms with Gasteiger partial charge in [0.2, 0.25) is 15.9 Å². The third-order valence-electron chi connectivity index (χ3n) is 4.12. The Labute approximate surface area is 137 Å². The average Bonchev–Trinajstić information content (AvgIpc) is 2.53. The van der Waals surface area contributed by atoms with Crippen LogP contribution < -0.4 is 15.8 Å². The Hall–Kier alpha value is -1.44. The van der Waals surface area contributed by atoms with Gasteiger partial charge in [-0.15, -0.1) is 0 Å². The lowest BCUT2D eigenvalue weighted by Gasteiger charge is -2.25. The molecule has 128 valence electrons. The lowest BCUT2D eigenvalue weighted by molar-refractivity contribution is -0.126. The second-order valence-electron chi connectivity index (χ2n) is 5.99. The highest BCUT2D eigenvalue weighted by Gasteiger charge is 2.25. The van der Waals surface area contributed by atoms with Gasteiger partial charge in [-0.05, 0) is 37.0 Å². The van der Waals surface area contributed by atoms with E-state index in [1.807, 2.05) is 0 Å². The van der Waals surface area contributed by atoms with Crippen LogP contribution in [0.2, 0.25) is 0 Å². The van der Waals surface area contributed by atoms with Crippen molar-refractivity contribution >= 4 is 15.9 Å². The highest BCUT2D eigenvalue weighted by Crippen LogP contribution is 2.23. The van der Waals surface area contributed by atoms with Crippen molar-refractivity contribution in [3.05, 3.63) is 29.8 Å². The molecular formula is C16H25N3O3S. The van der Waals surface area contributed by atoms with Crippen LogP contribution in [0.5, 0.6) is 0 Å². The Balaban J connectivity index is 1.90. The fourth-order valence-electron chi connectivity index (χ4n) is 2.86. The van der Waals surface area contributed by atoms with E-state index in [9.17, 15) is 13.2 Å². The van der Waals surface area contributed by atoms with Crippen molar-refractivity contribution in [1.82, 2.24) is 10.0 Å². The molecule has 0 aromatic heterocycles. The van der Waals surface area contributed by atoms with Gasteiger partial charge >= 0.3 is 0 Å². The van der Waals surface area contributed by atoms with Crippen molar-refractivity contribution in [2.75, 3.05) is 6.54 Å². The number of amides is 1. The molecule has 2 unspecified atom stereocenters. The first kappa shape index (κ1) is 17.9. The van der Waals surface area contributed by atoms with Gasteiger partial charge in [0, 0.05) is 25.0 Å². The molecule has 2 atom stereocenters. The third kappa shape index (κ3) is 5.02. The SMILES string of the molecule is CCNS(=O)(=O)c1ccc(CNC(=O)C2CCCC(N)C2)cc1. The third-order valence-corrected chi connectivity index (χ3v) is 5.68. The second kappa shape index (κ2) is 7.90. The van der Waals surface area contributed by atoms with Crippen LogP contribution >= 0.6 is 0 Å². The summed E-state index contributed by atoms with van der Waals surface area (Å²) in [5, 5.41) is 2.91. The lowest BCUT2D eigenvalue weighted by Crippen LogP contribution is -2.37. The number of benzene rings is 1. The summed E-state index contributed by atoms with van der Waals surface area (Å²) in [5.74, 6) is 0.0247. The summed E-state index contributed by atoms with van der Waals surface area (Å²) in [6.07, 6.45) is 3.62. The van der Waals surface area contributed by atoms with Crippen molar-refractivity contribution in [1.29, 1.82) is 0 Å². The Morgan fingerprint density at radius 3 is 2.57 bits per heavy atom. The number of carbonyl (C=O) groups is 1. The van der Waals surface area contributed by atoms with Crippen LogP contribution in [-0.4, -0.2) is 26.9 Å². The zero-order chi connectivity index (χ0) is 16.9. The first-order valence-electron chi connectivity index (χ1n) is 8.04. The first-order chi connectivity index (χ1) is 10.9. The molecule has 2 rings (SSSR count). The van der Waals surface area contributed by atoms with Gasteiger partial charge < -0.3 is 11.1 Å². The van der Waals surface area contributed by atoms with Gasteiger partial charge in [-0.25, -0.2) is 13.1 Å². The molecule has 23 heavy (non-hydrogen) atoms. The molecule has 7 heteroatoms. The number of carbonyl (C=O) groups excluding carboxylic acids is 1. The van der Waals surface area contributed by atoms with E-state index >= 15 is 0 Å². The quantitative estimate of drug-likeness (QED) is 0.723. The Morgan fingerprint density at radius 1 is 1.26 bits per heavy atom. The minimum Gasteiger partial charge on any atom is -0.352 e. The first-order valence-corrected chi connectivity index (χ1v) is 9.52. The van der Waals surface area contributed by atoms with Crippen LogP contribution in [0.15, 0.2) is 29.2 Å². The van der Waals surface area contributed by atoms with Crippen molar-refractivity contribution in [3.8, 4) is 0 Å². The zero-order valence-electron chi connectivity index (χ0n) is 13.4. The van der Waals surface area contributed by atoms with E-state index in [-0.39, 0.29) is 22.8 Å². The maximum Gasteiger partial charge on any atom is 0.240 e. The van der Waals surface area contributed by atoms with Crippen molar-refractivity contribution in [2.45, 2.75) is 50.1 Å². The molecule has 1 aliphatic rings. The minimum atomic E-state index is -3.43. The zero-order valence-corrected chi connectivity index (χ0v) is 14.2. The molecule has 0 aliphatic heterocycles. The predicted molar refractivity (Wildman–Crippen MR) is 89.1 cm³/mol. The van der Waals surface area contributed by atoms with Gasteiger partial charge in [-0.2, -0.15) is 0 Å². The second-order valence-corrected chi connectivity index (χ2v) is 7.75. The van der Waals surface area contributed by atoms with Gasteiger partial charge in [0.15, 0.2) is 0 Å². The molecule has 0 spiro atoms. The summed E-state index contributed by atoms with van der Waals surface area (Å²) in [4.78, 5) is 12.4. The fourth-order valence-corrected chi connectivity index (χ4v) is 3.90. The van der Waals surface area contributed by atoms with Gasteiger partial charge in [0.1, 0.15) is 0 Å². The summed E-state index contributed by atoms with van der Waals surface area (Å²) in [6.45, 7) is 2.48. The van der Waals surface area contributed by atoms with Crippen molar-refractivity contribution in [2.24, 2.45) is 11.7 Å². The lowest BCUT2D eigenvalue weighted by atomic mass is 9.85. The van der Waals surface area contributed by atoms with Gasteiger partial charge in [0.25, 0.3) is 0 Å². The van der Waals surface area contributed by atoms with Crippen LogP contribution in [0.1, 0.15) is 38.2 Å². The smallest absolute Gasteiger partial charge is 0.240 e. The molecule has 1 saturated carbocycles. The highest BCUT2D eigenvalue weighted by atomic mass is 32.2. The number of rotatable bonds is 6. The topological polar surface area (TPSA) is 101 Å². The van der Waals surface area contributed by atoms with E-state index in [1.165, 1.54) is 0 Å². The molecule has 1 aliphatic carbocycles. The Bertz CT molecular complexity index is 628. The molecule has 1 aromatic rings. The Morgan fingerprint density at radius 2 is 1.96 bits per heavy atom. The molecule has 4 N–H and O–H groups in total. The van der Waals surface area contributed by atoms with E-state index in [0.29, 0.717) is 13.1 Å². The van der Waals surface area contributed by atoms with E-state index in [2.05, 4.69) is 10.0 Å². The minimum absolute atomic E-state index is 0.00726. The van der Waals surface area contributed by atoms with E-state index < -0.39 is 10.0 Å². The highest BCUT2D eigenvalue weighted by molar-refractivity contribution is 7.89. The summed E-state index contributed by atoms with van der Waals surface area (Å²) in [6, 6.07) is 6.66. The molecule has 0 radical (unpaired) electrons. The molecule has 0 bridgehead atoms. The molecule has 1 fully saturated rings. The molecule has 1 aromatic carbocycles. The van der Waals surface area contributed by atoms with Gasteiger partial charge in [-0.1, -0.05) is 25.5 Å². The van der Waals surface area contributed by atoms with E-state index in [1.54, 1.807) is 31.2 Å². The predicted octanol–water partition coefficient (Wildman–Crippen LogP) is 1.12. The van der Waals surface area contributed by atoms with E-state index in [4.69, 9.17) is 5.73 Å². The molecule has 0 heterocycles. The number of nitrogens with one attached hydrogen (secondary N) is 2. The summed E-state index contributed by atoms with van der Waals surface area (Å²) >= 11 is 0. The van der Waals surface area contributed by atoms with Gasteiger partial charge in [0.05, 0.1) is 4.90 Å². The molecule has 6 nitrogen and oxygen atoms in total. The van der Waals surface area contributed by atoms with Crippen LogP contribution in [-0.2, 0) is 21.4 Å². The number of hydrogen-bond donors (Lipinski definition) is 3. The normalized spacial score (nSPS) is 21.8. The average molecular weight is 339 g/mol. The molecule has 1 amide bonds. The summed E-state index contributed by atoms with van der Waals surface area (Å²) in [5.41, 5.74) is 6.78. The molecular weight excluding hydrogens is 314 g/mol. The standard InChI is InChI=1S/C16H25N3O3S/c1-2-19-23(21,22)15-8-6-12(7-9-15)11-18-16(20)13-4-3-5-14(17)10-13/h6-9,13-14,19H,2-5,10-11,17H2,1H3,(H,18,20). The van der Waals surface area contributed by atoms with Crippen LogP contribution in [0, 0.1) is 5.92 Å². The van der Waals surface area contributed by atoms with Crippen molar-refractivity contribution < 1.29 is 13.2 Å². The van der Waals surface area contributed by atoms with Crippen molar-refractivity contribution in [3.63, 3.8) is 0 Å². The van der Waals surface area contributed by atoms with Crippen LogP contribution in [0.4, 0.5) is 0 Å². The van der Waals surface area contributed by atoms with Crippen LogP contribution in [0.3, 0.4) is 0 Å². The Kier molecular flexibility index (Phi) is 6.15. The maximum atomic E-state index is 12.2. The van der Waals surface area contributed by atoms with E-state index in [0.717, 1.165) is 31.2 Å². The monoisotopic (exact) mass is 339 g/mol. The van der Waals surface area contributed by atoms with Gasteiger partial charge in [-0.3, -0.25) is 4.79 Å². The number of sulfonamides is 1. The summed E-state index contributed by atoms with van der Waals surface area (Å²) < 4.78 is 26.2. The molecule has 0 saturated heterocycles. The summed E-state index contributed by atoms with van der Waals surface area (Å²) in [7, 11) is -3.43. The number of nitrogens with two attached hydrogens (primary N) is 1. The van der Waals surface area contributed by atoms with Crippen LogP contribution in [0.25, 0.3) is 0 Å². The maximum absolute atomic E-state index is 12.2. The number of hydrogen-bond acceptors (Lipinski definition) is 4.